The molecule has 17 heavy (non-hydrogen) atoms. The molecule has 3 rings (SSSR count). The molecule has 0 aromatic carbocycles. The van der Waals surface area contributed by atoms with Gasteiger partial charge in [0.1, 0.15) is 6.33 Å². The Bertz CT molecular complexity index is 410. The van der Waals surface area contributed by atoms with Gasteiger partial charge in [0.25, 0.3) is 0 Å². The van der Waals surface area contributed by atoms with Crippen LogP contribution in [-0.2, 0) is 0 Å². The predicted molar refractivity (Wildman–Crippen MR) is 68.7 cm³/mol. The van der Waals surface area contributed by atoms with Crippen LogP contribution in [0.15, 0.2) is 18.7 Å². The second kappa shape index (κ2) is 3.44. The normalized spacial score (nSPS) is 38.3. The van der Waals surface area contributed by atoms with Crippen molar-refractivity contribution in [3.05, 3.63) is 18.7 Å². The number of nitrogens with zero attached hydrogens (tertiary/aromatic N) is 2. The molecule has 0 aliphatic heterocycles. The van der Waals surface area contributed by atoms with Gasteiger partial charge in [0.05, 0.1) is 18.1 Å². The highest BCUT2D eigenvalue weighted by molar-refractivity contribution is 5.41. The fourth-order valence-corrected chi connectivity index (χ4v) is 4.20. The molecule has 0 radical (unpaired) electrons. The zero-order valence-electron chi connectivity index (χ0n) is 10.9. The quantitative estimate of drug-likeness (QED) is 0.850. The number of hydrogen-bond donors (Lipinski definition) is 1. The SMILES string of the molecule is CC1(C)C(Nc2cncnc2)[C@]2(C)CC[C@H]1C2. The number of rotatable bonds is 2. The average molecular weight is 231 g/mol. The Morgan fingerprint density at radius 2 is 1.94 bits per heavy atom. The van der Waals surface area contributed by atoms with Gasteiger partial charge < -0.3 is 5.32 Å². The van der Waals surface area contributed by atoms with Crippen LogP contribution < -0.4 is 5.32 Å². The van der Waals surface area contributed by atoms with Gasteiger partial charge in [-0.15, -0.1) is 0 Å². The van der Waals surface area contributed by atoms with Gasteiger partial charge in [-0.2, -0.15) is 0 Å². The first-order chi connectivity index (χ1) is 8.02. The van der Waals surface area contributed by atoms with E-state index in [1.165, 1.54) is 19.3 Å². The van der Waals surface area contributed by atoms with Crippen LogP contribution in [0.3, 0.4) is 0 Å². The molecule has 2 bridgehead atoms. The highest BCUT2D eigenvalue weighted by Crippen LogP contribution is 2.63. The number of aromatic nitrogens is 2. The van der Waals surface area contributed by atoms with Crippen molar-refractivity contribution in [1.29, 1.82) is 0 Å². The van der Waals surface area contributed by atoms with Crippen LogP contribution in [-0.4, -0.2) is 16.0 Å². The van der Waals surface area contributed by atoms with Gasteiger partial charge in [0, 0.05) is 6.04 Å². The maximum absolute atomic E-state index is 4.09. The Balaban J connectivity index is 1.88. The van der Waals surface area contributed by atoms with E-state index in [2.05, 4.69) is 36.1 Å². The molecular weight excluding hydrogens is 210 g/mol. The van der Waals surface area contributed by atoms with Gasteiger partial charge in [-0.1, -0.05) is 20.8 Å². The highest BCUT2D eigenvalue weighted by Gasteiger charge is 2.59. The molecule has 2 aliphatic rings. The van der Waals surface area contributed by atoms with Gasteiger partial charge in [0.15, 0.2) is 0 Å². The van der Waals surface area contributed by atoms with Crippen molar-refractivity contribution in [1.82, 2.24) is 9.97 Å². The second-order valence-corrected chi connectivity index (χ2v) is 6.62. The summed E-state index contributed by atoms with van der Waals surface area (Å²) in [6, 6.07) is 0.541. The molecule has 2 aliphatic carbocycles. The monoisotopic (exact) mass is 231 g/mol. The largest absolute Gasteiger partial charge is 0.379 e. The Morgan fingerprint density at radius 3 is 2.53 bits per heavy atom. The first kappa shape index (κ1) is 11.0. The summed E-state index contributed by atoms with van der Waals surface area (Å²) >= 11 is 0. The Kier molecular flexibility index (Phi) is 2.22. The van der Waals surface area contributed by atoms with Crippen LogP contribution in [0, 0.1) is 16.7 Å². The molecule has 2 saturated carbocycles. The standard InChI is InChI=1S/C14H21N3/c1-13(2)10-4-5-14(3,6-10)12(13)17-11-7-15-9-16-8-11/h7-10,12,17H,4-6H2,1-3H3/t10-,12?,14+/m0/s1. The Morgan fingerprint density at radius 1 is 1.24 bits per heavy atom. The van der Waals surface area contributed by atoms with Crippen molar-refractivity contribution in [3.8, 4) is 0 Å². The molecule has 3 nitrogen and oxygen atoms in total. The van der Waals surface area contributed by atoms with E-state index in [-0.39, 0.29) is 0 Å². The number of nitrogens with one attached hydrogen (secondary N) is 1. The van der Waals surface area contributed by atoms with Crippen LogP contribution in [0.5, 0.6) is 0 Å². The molecule has 0 spiro atoms. The van der Waals surface area contributed by atoms with Gasteiger partial charge in [0.2, 0.25) is 0 Å². The Hall–Kier alpha value is -1.12. The van der Waals surface area contributed by atoms with Gasteiger partial charge in [-0.3, -0.25) is 0 Å². The van der Waals surface area contributed by atoms with Crippen LogP contribution in [0.1, 0.15) is 40.0 Å². The fourth-order valence-electron chi connectivity index (χ4n) is 4.20. The van der Waals surface area contributed by atoms with Crippen molar-refractivity contribution in [2.75, 3.05) is 5.32 Å². The number of fused-ring (bicyclic) bond motifs is 2. The summed E-state index contributed by atoms with van der Waals surface area (Å²) in [6.07, 6.45) is 9.44. The lowest BCUT2D eigenvalue weighted by Crippen LogP contribution is -2.45. The maximum atomic E-state index is 4.09. The van der Waals surface area contributed by atoms with Crippen LogP contribution in [0.4, 0.5) is 5.69 Å². The summed E-state index contributed by atoms with van der Waals surface area (Å²) in [5.41, 5.74) is 1.88. The van der Waals surface area contributed by atoms with Crippen molar-refractivity contribution in [2.24, 2.45) is 16.7 Å². The van der Waals surface area contributed by atoms with E-state index in [1.54, 1.807) is 6.33 Å². The molecule has 1 heterocycles. The van der Waals surface area contributed by atoms with Crippen molar-refractivity contribution < 1.29 is 0 Å². The average Bonchev–Trinajstić information content (AvgIpc) is 2.77. The third kappa shape index (κ3) is 1.55. The second-order valence-electron chi connectivity index (χ2n) is 6.62. The van der Waals surface area contributed by atoms with E-state index in [0.717, 1.165) is 11.6 Å². The molecule has 3 heteroatoms. The molecule has 1 aromatic rings. The smallest absolute Gasteiger partial charge is 0.115 e. The number of anilines is 1. The van der Waals surface area contributed by atoms with E-state index >= 15 is 0 Å². The van der Waals surface area contributed by atoms with Gasteiger partial charge >= 0.3 is 0 Å². The first-order valence-corrected chi connectivity index (χ1v) is 6.54. The Labute approximate surface area is 103 Å². The zero-order valence-corrected chi connectivity index (χ0v) is 10.9. The fraction of sp³-hybridized carbons (Fsp3) is 0.714. The van der Waals surface area contributed by atoms with Crippen molar-refractivity contribution in [2.45, 2.75) is 46.1 Å². The minimum atomic E-state index is 0.378. The maximum Gasteiger partial charge on any atom is 0.115 e. The summed E-state index contributed by atoms with van der Waals surface area (Å²) < 4.78 is 0. The van der Waals surface area contributed by atoms with E-state index in [9.17, 15) is 0 Å². The minimum Gasteiger partial charge on any atom is -0.379 e. The minimum absolute atomic E-state index is 0.378. The summed E-state index contributed by atoms with van der Waals surface area (Å²) in [4.78, 5) is 8.17. The molecule has 1 unspecified atom stereocenters. The first-order valence-electron chi connectivity index (χ1n) is 6.54. The molecule has 92 valence electrons. The third-order valence-electron chi connectivity index (χ3n) is 5.14. The van der Waals surface area contributed by atoms with Gasteiger partial charge in [-0.25, -0.2) is 9.97 Å². The van der Waals surface area contributed by atoms with E-state index in [0.29, 0.717) is 16.9 Å². The lowest BCUT2D eigenvalue weighted by atomic mass is 9.68. The highest BCUT2D eigenvalue weighted by atomic mass is 15.0. The third-order valence-corrected chi connectivity index (χ3v) is 5.14. The van der Waals surface area contributed by atoms with Crippen molar-refractivity contribution in [3.63, 3.8) is 0 Å². The molecule has 3 atom stereocenters. The molecule has 0 amide bonds. The number of hydrogen-bond acceptors (Lipinski definition) is 3. The summed E-state index contributed by atoms with van der Waals surface area (Å²) in [5, 5.41) is 3.68. The molecule has 2 fully saturated rings. The molecular formula is C14H21N3. The molecule has 1 N–H and O–H groups in total. The van der Waals surface area contributed by atoms with E-state index in [1.807, 2.05) is 12.4 Å². The van der Waals surface area contributed by atoms with Crippen molar-refractivity contribution >= 4 is 5.69 Å². The van der Waals surface area contributed by atoms with Gasteiger partial charge in [-0.05, 0) is 36.0 Å². The summed E-state index contributed by atoms with van der Waals surface area (Å²) in [6.45, 7) is 7.25. The predicted octanol–water partition coefficient (Wildman–Crippen LogP) is 3.10. The summed E-state index contributed by atoms with van der Waals surface area (Å²) in [5.74, 6) is 0.870. The molecule has 0 saturated heterocycles. The lowest BCUT2D eigenvalue weighted by molar-refractivity contribution is 0.155. The lowest BCUT2D eigenvalue weighted by Gasteiger charge is -2.43. The zero-order chi connectivity index (χ0) is 12.1. The van der Waals surface area contributed by atoms with E-state index in [4.69, 9.17) is 0 Å². The summed E-state index contributed by atoms with van der Waals surface area (Å²) in [7, 11) is 0. The van der Waals surface area contributed by atoms with Crippen LogP contribution in [0.25, 0.3) is 0 Å². The van der Waals surface area contributed by atoms with Crippen LogP contribution in [0.2, 0.25) is 0 Å². The van der Waals surface area contributed by atoms with Crippen LogP contribution >= 0.6 is 0 Å². The van der Waals surface area contributed by atoms with E-state index < -0.39 is 0 Å². The molecule has 1 aromatic heterocycles. The topological polar surface area (TPSA) is 37.8 Å².